The third-order valence-corrected chi connectivity index (χ3v) is 5.53. The highest BCUT2D eigenvalue weighted by Crippen LogP contribution is 2.36. The maximum absolute atomic E-state index is 6.34. The molecule has 0 unspecified atom stereocenters. The van der Waals surface area contributed by atoms with Gasteiger partial charge in [-0.25, -0.2) is 0 Å². The van der Waals surface area contributed by atoms with Crippen molar-refractivity contribution in [3.63, 3.8) is 0 Å². The highest BCUT2D eigenvalue weighted by Gasteiger charge is 2.46. The minimum absolute atomic E-state index is 0.112. The SMILES string of the molecule is CN(Cc1cccnc1)C[C@@H]1CCC2(CN(Cc3cccnc3)C2)OC1. The molecule has 2 aliphatic heterocycles. The summed E-state index contributed by atoms with van der Waals surface area (Å²) in [6.45, 7) is 6.02. The highest BCUT2D eigenvalue weighted by molar-refractivity contribution is 5.11. The predicted octanol–water partition coefficient (Wildman–Crippen LogP) is 2.59. The summed E-state index contributed by atoms with van der Waals surface area (Å²) < 4.78 is 6.34. The van der Waals surface area contributed by atoms with E-state index in [1.54, 1.807) is 0 Å². The van der Waals surface area contributed by atoms with Crippen LogP contribution in [0.3, 0.4) is 0 Å². The van der Waals surface area contributed by atoms with Gasteiger partial charge < -0.3 is 9.64 Å². The van der Waals surface area contributed by atoms with Crippen molar-refractivity contribution in [2.75, 3.05) is 33.3 Å². The molecule has 0 N–H and O–H groups in total. The van der Waals surface area contributed by atoms with E-state index >= 15 is 0 Å². The first kappa shape index (κ1) is 17.6. The first-order valence-electron chi connectivity index (χ1n) is 9.53. The molecule has 1 atom stereocenters. The average Bonchev–Trinajstić information content (AvgIpc) is 2.64. The van der Waals surface area contributed by atoms with E-state index in [1.165, 1.54) is 24.0 Å². The summed E-state index contributed by atoms with van der Waals surface area (Å²) in [6.07, 6.45) is 10.0. The summed E-state index contributed by atoms with van der Waals surface area (Å²) >= 11 is 0. The Morgan fingerprint density at radius 3 is 2.50 bits per heavy atom. The van der Waals surface area contributed by atoms with E-state index < -0.39 is 0 Å². The predicted molar refractivity (Wildman–Crippen MR) is 101 cm³/mol. The Bertz CT molecular complexity index is 678. The number of aromatic nitrogens is 2. The van der Waals surface area contributed by atoms with Crippen molar-refractivity contribution >= 4 is 0 Å². The second kappa shape index (κ2) is 7.82. The molecule has 1 spiro atoms. The second-order valence-corrected chi connectivity index (χ2v) is 7.96. The monoisotopic (exact) mass is 352 g/mol. The molecule has 5 heteroatoms. The Hall–Kier alpha value is -1.82. The molecule has 138 valence electrons. The summed E-state index contributed by atoms with van der Waals surface area (Å²) in [6, 6.07) is 8.30. The van der Waals surface area contributed by atoms with Gasteiger partial charge >= 0.3 is 0 Å². The molecule has 4 rings (SSSR count). The van der Waals surface area contributed by atoms with Crippen LogP contribution < -0.4 is 0 Å². The van der Waals surface area contributed by atoms with Crippen molar-refractivity contribution in [2.24, 2.45) is 5.92 Å². The normalized spacial score (nSPS) is 22.5. The standard InChI is InChI=1S/C21H28N4O/c1-24(12-18-4-2-8-22-10-18)13-20-6-7-21(26-15-20)16-25(17-21)14-19-5-3-9-23-11-19/h2-5,8-11,20H,6-7,12-17H2,1H3/t20-/m0/s1. The van der Waals surface area contributed by atoms with Gasteiger partial charge in [-0.2, -0.15) is 0 Å². The van der Waals surface area contributed by atoms with E-state index in [2.05, 4.69) is 38.9 Å². The van der Waals surface area contributed by atoms with Gasteiger partial charge in [0.2, 0.25) is 0 Å². The quantitative estimate of drug-likeness (QED) is 0.799. The first-order valence-corrected chi connectivity index (χ1v) is 9.53. The highest BCUT2D eigenvalue weighted by atomic mass is 16.5. The van der Waals surface area contributed by atoms with Gasteiger partial charge in [-0.1, -0.05) is 12.1 Å². The fraction of sp³-hybridized carbons (Fsp3) is 0.524. The van der Waals surface area contributed by atoms with Crippen molar-refractivity contribution in [1.29, 1.82) is 0 Å². The van der Waals surface area contributed by atoms with Crippen LogP contribution in [0.5, 0.6) is 0 Å². The molecule has 0 radical (unpaired) electrons. The van der Waals surface area contributed by atoms with Crippen LogP contribution >= 0.6 is 0 Å². The third-order valence-electron chi connectivity index (χ3n) is 5.53. The molecule has 2 aromatic heterocycles. The number of hydrogen-bond donors (Lipinski definition) is 0. The van der Waals surface area contributed by atoms with Crippen molar-refractivity contribution in [2.45, 2.75) is 31.5 Å². The molecule has 2 aliphatic rings. The fourth-order valence-electron chi connectivity index (χ4n) is 4.25. The molecule has 0 aromatic carbocycles. The Labute approximate surface area is 156 Å². The third kappa shape index (κ3) is 4.29. The molecule has 26 heavy (non-hydrogen) atoms. The Kier molecular flexibility index (Phi) is 5.29. The van der Waals surface area contributed by atoms with Crippen molar-refractivity contribution in [1.82, 2.24) is 19.8 Å². The lowest BCUT2D eigenvalue weighted by molar-refractivity contribution is -0.183. The van der Waals surface area contributed by atoms with Crippen molar-refractivity contribution in [3.05, 3.63) is 60.2 Å². The van der Waals surface area contributed by atoms with Crippen LogP contribution in [0.1, 0.15) is 24.0 Å². The number of likely N-dealkylation sites (tertiary alicyclic amines) is 1. The van der Waals surface area contributed by atoms with Crippen LogP contribution in [0, 0.1) is 5.92 Å². The number of pyridine rings is 2. The lowest BCUT2D eigenvalue weighted by atomic mass is 9.82. The van der Waals surface area contributed by atoms with E-state index in [1.807, 2.05) is 36.9 Å². The lowest BCUT2D eigenvalue weighted by Crippen LogP contribution is -2.64. The van der Waals surface area contributed by atoms with Crippen LogP contribution in [0.15, 0.2) is 49.1 Å². The van der Waals surface area contributed by atoms with Gasteiger partial charge in [0.25, 0.3) is 0 Å². The molecule has 2 aromatic rings. The number of hydrogen-bond acceptors (Lipinski definition) is 5. The zero-order valence-electron chi connectivity index (χ0n) is 15.6. The average molecular weight is 352 g/mol. The Morgan fingerprint density at radius 1 is 1.15 bits per heavy atom. The molecule has 0 bridgehead atoms. The van der Waals surface area contributed by atoms with E-state index in [4.69, 9.17) is 4.74 Å². The first-order chi connectivity index (χ1) is 12.7. The summed E-state index contributed by atoms with van der Waals surface area (Å²) in [4.78, 5) is 13.3. The molecule has 5 nitrogen and oxygen atoms in total. The van der Waals surface area contributed by atoms with Gasteiger partial charge in [-0.15, -0.1) is 0 Å². The second-order valence-electron chi connectivity index (χ2n) is 7.96. The van der Waals surface area contributed by atoms with Crippen LogP contribution in [-0.4, -0.2) is 58.7 Å². The minimum Gasteiger partial charge on any atom is -0.372 e. The molecule has 0 amide bonds. The smallest absolute Gasteiger partial charge is 0.0935 e. The molecule has 2 saturated heterocycles. The molecular weight excluding hydrogens is 324 g/mol. The van der Waals surface area contributed by atoms with Crippen LogP contribution in [0.25, 0.3) is 0 Å². The lowest BCUT2D eigenvalue weighted by Gasteiger charge is -2.53. The summed E-state index contributed by atoms with van der Waals surface area (Å²) in [5.74, 6) is 0.634. The molecule has 4 heterocycles. The Balaban J connectivity index is 1.19. The van der Waals surface area contributed by atoms with Gasteiger partial charge in [-0.3, -0.25) is 14.9 Å². The Morgan fingerprint density at radius 2 is 1.88 bits per heavy atom. The van der Waals surface area contributed by atoms with Crippen LogP contribution in [0.2, 0.25) is 0 Å². The minimum atomic E-state index is 0.112. The fourth-order valence-corrected chi connectivity index (χ4v) is 4.25. The van der Waals surface area contributed by atoms with Crippen LogP contribution in [-0.2, 0) is 17.8 Å². The number of ether oxygens (including phenoxy) is 1. The van der Waals surface area contributed by atoms with E-state index in [0.29, 0.717) is 5.92 Å². The topological polar surface area (TPSA) is 41.5 Å². The zero-order chi connectivity index (χ0) is 17.8. The van der Waals surface area contributed by atoms with E-state index in [-0.39, 0.29) is 5.60 Å². The molecule has 2 fully saturated rings. The van der Waals surface area contributed by atoms with Crippen molar-refractivity contribution in [3.8, 4) is 0 Å². The summed E-state index contributed by atoms with van der Waals surface area (Å²) in [5.41, 5.74) is 2.67. The van der Waals surface area contributed by atoms with Crippen molar-refractivity contribution < 1.29 is 4.74 Å². The summed E-state index contributed by atoms with van der Waals surface area (Å²) in [7, 11) is 2.19. The van der Waals surface area contributed by atoms with Gasteiger partial charge in [0.15, 0.2) is 0 Å². The number of nitrogens with zero attached hydrogens (tertiary/aromatic N) is 4. The van der Waals surface area contributed by atoms with Gasteiger partial charge in [0, 0.05) is 57.5 Å². The van der Waals surface area contributed by atoms with E-state index in [9.17, 15) is 0 Å². The van der Waals surface area contributed by atoms with E-state index in [0.717, 1.165) is 39.3 Å². The van der Waals surface area contributed by atoms with Crippen LogP contribution in [0.4, 0.5) is 0 Å². The maximum Gasteiger partial charge on any atom is 0.0935 e. The largest absolute Gasteiger partial charge is 0.372 e. The number of rotatable bonds is 6. The van der Waals surface area contributed by atoms with Gasteiger partial charge in [0.05, 0.1) is 12.2 Å². The maximum atomic E-state index is 6.34. The molecule has 0 saturated carbocycles. The zero-order valence-corrected chi connectivity index (χ0v) is 15.6. The summed E-state index contributed by atoms with van der Waals surface area (Å²) in [5, 5.41) is 0. The van der Waals surface area contributed by atoms with Gasteiger partial charge in [0.1, 0.15) is 0 Å². The molecular formula is C21H28N4O. The molecule has 0 aliphatic carbocycles. The van der Waals surface area contributed by atoms with Gasteiger partial charge in [-0.05, 0) is 49.1 Å².